The van der Waals surface area contributed by atoms with Crippen LogP contribution in [0.15, 0.2) is 53.7 Å². The molecule has 2 aliphatic heterocycles. The van der Waals surface area contributed by atoms with Gasteiger partial charge in [0.1, 0.15) is 5.82 Å². The Balaban J connectivity index is 1.67. The Morgan fingerprint density at radius 1 is 1.03 bits per heavy atom. The third kappa shape index (κ3) is 3.07. The zero-order valence-electron chi connectivity index (χ0n) is 16.9. The molecule has 0 aromatic heterocycles. The van der Waals surface area contributed by atoms with E-state index in [1.165, 1.54) is 12.1 Å². The Kier molecular flexibility index (Phi) is 4.20. The van der Waals surface area contributed by atoms with Crippen molar-refractivity contribution in [1.82, 2.24) is 0 Å². The van der Waals surface area contributed by atoms with Gasteiger partial charge in [0, 0.05) is 30.0 Å². The first-order chi connectivity index (χ1) is 14.3. The first-order valence-corrected chi connectivity index (χ1v) is 10.1. The molecule has 5 rings (SSSR count). The molecule has 1 atom stereocenters. The summed E-state index contributed by atoms with van der Waals surface area (Å²) in [6.45, 7) is 4.21. The van der Waals surface area contributed by atoms with Crippen LogP contribution in [0.25, 0.3) is 0 Å². The third-order valence-corrected chi connectivity index (χ3v) is 6.01. The zero-order valence-corrected chi connectivity index (χ0v) is 16.9. The van der Waals surface area contributed by atoms with Crippen molar-refractivity contribution in [2.45, 2.75) is 39.0 Å². The quantitative estimate of drug-likeness (QED) is 0.723. The number of benzene rings is 2. The molecule has 30 heavy (non-hydrogen) atoms. The average Bonchev–Trinajstić information content (AvgIpc) is 3.14. The minimum Gasteiger partial charge on any atom is -0.454 e. The monoisotopic (exact) mass is 407 g/mol. The molecule has 6 heteroatoms. The highest BCUT2D eigenvalue weighted by atomic mass is 19.1. The molecule has 5 nitrogen and oxygen atoms in total. The zero-order chi connectivity index (χ0) is 21.0. The van der Waals surface area contributed by atoms with Gasteiger partial charge in [-0.05, 0) is 47.7 Å². The lowest BCUT2D eigenvalue weighted by Gasteiger charge is -2.43. The summed E-state index contributed by atoms with van der Waals surface area (Å²) < 4.78 is 24.8. The van der Waals surface area contributed by atoms with Gasteiger partial charge < -0.3 is 9.47 Å². The fourth-order valence-electron chi connectivity index (χ4n) is 4.74. The van der Waals surface area contributed by atoms with Crippen molar-refractivity contribution in [3.63, 3.8) is 0 Å². The summed E-state index contributed by atoms with van der Waals surface area (Å²) in [7, 11) is 0. The SMILES string of the molecule is CC1(C)CC(=O)C2=C(C1)N(c1cccc(F)c1)C(=O)CC2c1ccc2c(c1)OCO2. The highest BCUT2D eigenvalue weighted by molar-refractivity contribution is 6.07. The van der Waals surface area contributed by atoms with E-state index in [1.54, 1.807) is 17.0 Å². The first-order valence-electron chi connectivity index (χ1n) is 10.1. The maximum Gasteiger partial charge on any atom is 0.232 e. The largest absolute Gasteiger partial charge is 0.454 e. The van der Waals surface area contributed by atoms with Gasteiger partial charge in [-0.3, -0.25) is 14.5 Å². The van der Waals surface area contributed by atoms with Gasteiger partial charge in [-0.25, -0.2) is 4.39 Å². The van der Waals surface area contributed by atoms with Crippen LogP contribution in [0.5, 0.6) is 11.5 Å². The fraction of sp³-hybridized carbons (Fsp3) is 0.333. The van der Waals surface area contributed by atoms with E-state index >= 15 is 0 Å². The Labute approximate surface area is 174 Å². The molecular formula is C24H22FNO4. The van der Waals surface area contributed by atoms with Gasteiger partial charge in [-0.15, -0.1) is 0 Å². The second-order valence-electron chi connectivity index (χ2n) is 8.88. The molecule has 0 N–H and O–H groups in total. The van der Waals surface area contributed by atoms with Crippen molar-refractivity contribution in [3.05, 3.63) is 65.1 Å². The van der Waals surface area contributed by atoms with E-state index in [1.807, 2.05) is 32.0 Å². The summed E-state index contributed by atoms with van der Waals surface area (Å²) in [6.07, 6.45) is 1.12. The third-order valence-electron chi connectivity index (χ3n) is 6.01. The van der Waals surface area contributed by atoms with Crippen molar-refractivity contribution in [2.75, 3.05) is 11.7 Å². The van der Waals surface area contributed by atoms with E-state index in [-0.39, 0.29) is 36.2 Å². The number of carbonyl (C=O) groups excluding carboxylic acids is 2. The summed E-state index contributed by atoms with van der Waals surface area (Å²) in [6, 6.07) is 11.5. The van der Waals surface area contributed by atoms with Crippen molar-refractivity contribution in [3.8, 4) is 11.5 Å². The predicted octanol–water partition coefficient (Wildman–Crippen LogP) is 4.72. The number of halogens is 1. The van der Waals surface area contributed by atoms with Crippen molar-refractivity contribution in [1.29, 1.82) is 0 Å². The van der Waals surface area contributed by atoms with Crippen LogP contribution in [0.1, 0.15) is 44.6 Å². The summed E-state index contributed by atoms with van der Waals surface area (Å²) in [5.74, 6) is 0.410. The summed E-state index contributed by atoms with van der Waals surface area (Å²) in [5, 5.41) is 0. The van der Waals surface area contributed by atoms with E-state index in [0.29, 0.717) is 41.3 Å². The average molecular weight is 407 g/mol. The number of amides is 1. The fourth-order valence-corrected chi connectivity index (χ4v) is 4.74. The normalized spacial score (nSPS) is 22.4. The number of ketones is 1. The number of allylic oxidation sites excluding steroid dienone is 2. The minimum atomic E-state index is -0.415. The van der Waals surface area contributed by atoms with Gasteiger partial charge in [0.2, 0.25) is 12.7 Å². The van der Waals surface area contributed by atoms with Gasteiger partial charge in [0.25, 0.3) is 0 Å². The highest BCUT2D eigenvalue weighted by Crippen LogP contribution is 2.49. The molecule has 0 radical (unpaired) electrons. The van der Waals surface area contributed by atoms with Gasteiger partial charge >= 0.3 is 0 Å². The van der Waals surface area contributed by atoms with E-state index in [0.717, 1.165) is 5.56 Å². The number of nitrogens with zero attached hydrogens (tertiary/aromatic N) is 1. The lowest BCUT2D eigenvalue weighted by atomic mass is 9.69. The molecule has 1 amide bonds. The smallest absolute Gasteiger partial charge is 0.232 e. The number of rotatable bonds is 2. The van der Waals surface area contributed by atoms with Crippen LogP contribution in [0.2, 0.25) is 0 Å². The van der Waals surface area contributed by atoms with Gasteiger partial charge in [-0.1, -0.05) is 26.0 Å². The molecule has 0 bridgehead atoms. The van der Waals surface area contributed by atoms with Gasteiger partial charge in [-0.2, -0.15) is 0 Å². The van der Waals surface area contributed by atoms with Crippen LogP contribution < -0.4 is 14.4 Å². The maximum atomic E-state index is 13.9. The maximum absolute atomic E-state index is 13.9. The Bertz CT molecular complexity index is 1100. The number of hydrogen-bond donors (Lipinski definition) is 0. The molecule has 2 heterocycles. The molecule has 0 saturated carbocycles. The summed E-state index contributed by atoms with van der Waals surface area (Å²) in [4.78, 5) is 28.1. The van der Waals surface area contributed by atoms with Crippen LogP contribution >= 0.6 is 0 Å². The number of carbonyl (C=O) groups is 2. The van der Waals surface area contributed by atoms with Crippen LogP contribution in [0.4, 0.5) is 10.1 Å². The number of anilines is 1. The standard InChI is InChI=1S/C24H22FNO4/c1-24(2)11-18-23(19(27)12-24)17(14-6-7-20-21(8-14)30-13-29-20)10-22(28)26(18)16-5-3-4-15(25)9-16/h3-9,17H,10-13H2,1-2H3. The molecule has 2 aromatic carbocycles. The molecule has 1 unspecified atom stereocenters. The van der Waals surface area contributed by atoms with Crippen LogP contribution in [-0.2, 0) is 9.59 Å². The molecule has 3 aliphatic rings. The molecule has 0 spiro atoms. The van der Waals surface area contributed by atoms with Crippen LogP contribution in [0.3, 0.4) is 0 Å². The highest BCUT2D eigenvalue weighted by Gasteiger charge is 2.44. The summed E-state index contributed by atoms with van der Waals surface area (Å²) >= 11 is 0. The van der Waals surface area contributed by atoms with E-state index in [2.05, 4.69) is 0 Å². The van der Waals surface area contributed by atoms with Crippen LogP contribution in [-0.4, -0.2) is 18.5 Å². The number of fused-ring (bicyclic) bond motifs is 1. The van der Waals surface area contributed by atoms with E-state index in [9.17, 15) is 14.0 Å². The Morgan fingerprint density at radius 2 is 1.83 bits per heavy atom. The predicted molar refractivity (Wildman–Crippen MR) is 109 cm³/mol. The topological polar surface area (TPSA) is 55.8 Å². The molecule has 1 aliphatic carbocycles. The Hall–Kier alpha value is -3.15. The second-order valence-corrected chi connectivity index (χ2v) is 8.88. The summed E-state index contributed by atoms with van der Waals surface area (Å²) in [5.41, 5.74) is 2.37. The number of ether oxygens (including phenoxy) is 2. The number of hydrogen-bond acceptors (Lipinski definition) is 4. The lowest BCUT2D eigenvalue weighted by molar-refractivity contribution is -0.121. The van der Waals surface area contributed by atoms with Crippen molar-refractivity contribution in [2.24, 2.45) is 5.41 Å². The molecule has 0 fully saturated rings. The van der Waals surface area contributed by atoms with E-state index < -0.39 is 5.82 Å². The lowest BCUT2D eigenvalue weighted by Crippen LogP contribution is -2.43. The molecular weight excluding hydrogens is 385 g/mol. The molecule has 154 valence electrons. The minimum absolute atomic E-state index is 0.0396. The first kappa shape index (κ1) is 18.9. The second kappa shape index (κ2) is 6.69. The van der Waals surface area contributed by atoms with Gasteiger partial charge in [0.05, 0.1) is 5.69 Å². The molecule has 2 aromatic rings. The molecule has 0 saturated heterocycles. The van der Waals surface area contributed by atoms with E-state index in [4.69, 9.17) is 9.47 Å². The van der Waals surface area contributed by atoms with Crippen molar-refractivity contribution < 1.29 is 23.5 Å². The Morgan fingerprint density at radius 3 is 2.63 bits per heavy atom. The van der Waals surface area contributed by atoms with Crippen molar-refractivity contribution >= 4 is 17.4 Å². The van der Waals surface area contributed by atoms with Gasteiger partial charge in [0.15, 0.2) is 17.3 Å². The van der Waals surface area contributed by atoms with Crippen LogP contribution in [0, 0.1) is 11.2 Å². The number of Topliss-reactive ketones (excluding diaryl/α,β-unsaturated/α-hetero) is 1.